The lowest BCUT2D eigenvalue weighted by Gasteiger charge is -2.31. The number of hydrogen-bond donors (Lipinski definition) is 2. The number of rotatable bonds is 8. The van der Waals surface area contributed by atoms with E-state index < -0.39 is 0 Å². The number of benzene rings is 1. The van der Waals surface area contributed by atoms with Crippen LogP contribution in [-0.4, -0.2) is 61.4 Å². The Bertz CT molecular complexity index is 637. The number of nitrogens with zero attached hydrogens (tertiary/aromatic N) is 3. The zero-order valence-corrected chi connectivity index (χ0v) is 17.2. The molecule has 1 aliphatic rings. The van der Waals surface area contributed by atoms with Crippen molar-refractivity contribution in [1.82, 2.24) is 15.1 Å². The van der Waals surface area contributed by atoms with Gasteiger partial charge in [-0.3, -0.25) is 9.79 Å². The van der Waals surface area contributed by atoms with Crippen molar-refractivity contribution in [2.45, 2.75) is 32.7 Å². The number of guanidine groups is 1. The summed E-state index contributed by atoms with van der Waals surface area (Å²) < 4.78 is 0. The van der Waals surface area contributed by atoms with Crippen molar-refractivity contribution in [3.63, 3.8) is 0 Å². The Balaban J connectivity index is 1.84. The molecule has 0 aromatic heterocycles. The lowest BCUT2D eigenvalue weighted by atomic mass is 9.97. The molecule has 1 unspecified atom stereocenters. The molecule has 1 aromatic carbocycles. The number of primary amides is 1. The molecule has 1 atom stereocenters. The van der Waals surface area contributed by atoms with Crippen LogP contribution in [0.5, 0.6) is 0 Å². The third kappa shape index (κ3) is 7.03. The maximum Gasteiger partial charge on any atom is 0.221 e. The summed E-state index contributed by atoms with van der Waals surface area (Å²) in [5.74, 6) is 0.709. The van der Waals surface area contributed by atoms with E-state index in [1.54, 1.807) is 0 Å². The van der Waals surface area contributed by atoms with E-state index in [0.29, 0.717) is 6.54 Å². The fourth-order valence-corrected chi connectivity index (χ4v) is 3.59. The Morgan fingerprint density at radius 1 is 1.44 bits per heavy atom. The number of likely N-dealkylation sites (tertiary alicyclic amines) is 1. The first-order valence-electron chi connectivity index (χ1n) is 9.75. The number of nitrogens with one attached hydrogen (secondary N) is 1. The van der Waals surface area contributed by atoms with E-state index >= 15 is 0 Å². The molecule has 6 nitrogen and oxygen atoms in total. The minimum absolute atomic E-state index is 0.00123. The van der Waals surface area contributed by atoms with Gasteiger partial charge >= 0.3 is 0 Å². The molecule has 27 heavy (non-hydrogen) atoms. The highest BCUT2D eigenvalue weighted by molar-refractivity contribution is 6.31. The highest BCUT2D eigenvalue weighted by Crippen LogP contribution is 2.17. The van der Waals surface area contributed by atoms with Crippen molar-refractivity contribution in [2.75, 3.05) is 39.8 Å². The van der Waals surface area contributed by atoms with E-state index in [9.17, 15) is 4.79 Å². The molecule has 7 heteroatoms. The van der Waals surface area contributed by atoms with Crippen molar-refractivity contribution in [1.29, 1.82) is 0 Å². The maximum atomic E-state index is 11.4. The molecule has 0 radical (unpaired) electrons. The standard InChI is InChI=1S/C20H32ClN5O/c1-3-23-20(25(2)14-16-8-4-5-10-18(16)21)24-11-7-13-26-12-6-9-17(15-26)19(22)27/h4-5,8,10,17H,3,6-7,9,11-15H2,1-2H3,(H2,22,27)(H,23,24). The third-order valence-corrected chi connectivity index (χ3v) is 5.23. The topological polar surface area (TPSA) is 74.0 Å². The van der Waals surface area contributed by atoms with Gasteiger partial charge in [0, 0.05) is 38.2 Å². The molecule has 1 saturated heterocycles. The van der Waals surface area contributed by atoms with Crippen molar-refractivity contribution in [3.8, 4) is 0 Å². The van der Waals surface area contributed by atoms with Crippen LogP contribution in [0.3, 0.4) is 0 Å². The van der Waals surface area contributed by atoms with Crippen LogP contribution >= 0.6 is 11.6 Å². The van der Waals surface area contributed by atoms with E-state index in [1.807, 2.05) is 31.3 Å². The summed E-state index contributed by atoms with van der Waals surface area (Å²) in [6, 6.07) is 7.88. The smallest absolute Gasteiger partial charge is 0.221 e. The maximum absolute atomic E-state index is 11.4. The minimum Gasteiger partial charge on any atom is -0.369 e. The number of amides is 1. The number of carbonyl (C=O) groups is 1. The summed E-state index contributed by atoms with van der Waals surface area (Å²) >= 11 is 6.27. The molecule has 0 saturated carbocycles. The number of carbonyl (C=O) groups excluding carboxylic acids is 1. The van der Waals surface area contributed by atoms with E-state index in [0.717, 1.165) is 68.5 Å². The molecule has 150 valence electrons. The second kappa shape index (κ2) is 11.1. The molecule has 3 N–H and O–H groups in total. The van der Waals surface area contributed by atoms with Gasteiger partial charge < -0.3 is 20.9 Å². The quantitative estimate of drug-likeness (QED) is 0.404. The van der Waals surface area contributed by atoms with Crippen LogP contribution in [-0.2, 0) is 11.3 Å². The second-order valence-corrected chi connectivity index (χ2v) is 7.49. The lowest BCUT2D eigenvalue weighted by molar-refractivity contribution is -0.123. The predicted molar refractivity (Wildman–Crippen MR) is 112 cm³/mol. The molecular weight excluding hydrogens is 362 g/mol. The molecular formula is C20H32ClN5O. The summed E-state index contributed by atoms with van der Waals surface area (Å²) in [5, 5.41) is 4.11. The first kappa shape index (κ1) is 21.5. The molecule has 1 amide bonds. The molecule has 0 spiro atoms. The number of piperidine rings is 1. The SMILES string of the molecule is CCNC(=NCCCN1CCCC(C(N)=O)C1)N(C)Cc1ccccc1Cl. The summed E-state index contributed by atoms with van der Waals surface area (Å²) in [6.07, 6.45) is 2.92. The van der Waals surface area contributed by atoms with Crippen LogP contribution in [0.15, 0.2) is 29.3 Å². The van der Waals surface area contributed by atoms with Crippen molar-refractivity contribution in [3.05, 3.63) is 34.9 Å². The first-order valence-corrected chi connectivity index (χ1v) is 10.1. The van der Waals surface area contributed by atoms with E-state index in [2.05, 4.69) is 22.0 Å². The largest absolute Gasteiger partial charge is 0.369 e. The van der Waals surface area contributed by atoms with Crippen molar-refractivity contribution in [2.24, 2.45) is 16.6 Å². The number of halogens is 1. The van der Waals surface area contributed by atoms with Crippen LogP contribution < -0.4 is 11.1 Å². The average molecular weight is 394 g/mol. The fourth-order valence-electron chi connectivity index (χ4n) is 3.40. The zero-order valence-electron chi connectivity index (χ0n) is 16.5. The van der Waals surface area contributed by atoms with Gasteiger partial charge in [0.1, 0.15) is 0 Å². The monoisotopic (exact) mass is 393 g/mol. The van der Waals surface area contributed by atoms with Crippen molar-refractivity contribution < 1.29 is 4.79 Å². The van der Waals surface area contributed by atoms with Crippen LogP contribution in [0, 0.1) is 5.92 Å². The van der Waals surface area contributed by atoms with Crippen LogP contribution in [0.25, 0.3) is 0 Å². The number of hydrogen-bond acceptors (Lipinski definition) is 3. The van der Waals surface area contributed by atoms with Gasteiger partial charge in [-0.2, -0.15) is 0 Å². The third-order valence-electron chi connectivity index (χ3n) is 4.86. The van der Waals surface area contributed by atoms with Gasteiger partial charge in [0.05, 0.1) is 5.92 Å². The Morgan fingerprint density at radius 3 is 2.93 bits per heavy atom. The van der Waals surface area contributed by atoms with E-state index in [4.69, 9.17) is 22.3 Å². The van der Waals surface area contributed by atoms with Crippen LogP contribution in [0.4, 0.5) is 0 Å². The van der Waals surface area contributed by atoms with E-state index in [-0.39, 0.29) is 11.8 Å². The molecule has 1 heterocycles. The summed E-state index contributed by atoms with van der Waals surface area (Å²) in [4.78, 5) is 20.6. The lowest BCUT2D eigenvalue weighted by Crippen LogP contribution is -2.41. The summed E-state index contributed by atoms with van der Waals surface area (Å²) in [6.45, 7) is 7.10. The molecule has 1 aromatic rings. The zero-order chi connectivity index (χ0) is 19.6. The van der Waals surface area contributed by atoms with Gasteiger partial charge in [0.25, 0.3) is 0 Å². The van der Waals surface area contributed by atoms with Crippen LogP contribution in [0.1, 0.15) is 31.7 Å². The Hall–Kier alpha value is -1.79. The number of nitrogens with two attached hydrogens (primary N) is 1. The Morgan fingerprint density at radius 2 is 2.22 bits per heavy atom. The predicted octanol–water partition coefficient (Wildman–Crippen LogP) is 2.32. The molecule has 1 aliphatic heterocycles. The van der Waals surface area contributed by atoms with Gasteiger partial charge in [-0.1, -0.05) is 29.8 Å². The summed E-state index contributed by atoms with van der Waals surface area (Å²) in [5.41, 5.74) is 6.54. The molecule has 0 aliphatic carbocycles. The van der Waals surface area contributed by atoms with Crippen LogP contribution in [0.2, 0.25) is 5.02 Å². The highest BCUT2D eigenvalue weighted by atomic mass is 35.5. The molecule has 1 fully saturated rings. The van der Waals surface area contributed by atoms with Gasteiger partial charge in [-0.15, -0.1) is 0 Å². The fraction of sp³-hybridized carbons (Fsp3) is 0.600. The van der Waals surface area contributed by atoms with Gasteiger partial charge in [0.15, 0.2) is 5.96 Å². The number of aliphatic imine (C=N–C) groups is 1. The van der Waals surface area contributed by atoms with Gasteiger partial charge in [0.2, 0.25) is 5.91 Å². The van der Waals surface area contributed by atoms with Crippen molar-refractivity contribution >= 4 is 23.5 Å². The average Bonchev–Trinajstić information content (AvgIpc) is 2.66. The molecule has 2 rings (SSSR count). The normalized spacial score (nSPS) is 18.3. The summed E-state index contributed by atoms with van der Waals surface area (Å²) in [7, 11) is 2.02. The highest BCUT2D eigenvalue weighted by Gasteiger charge is 2.23. The Kier molecular flexibility index (Phi) is 8.88. The van der Waals surface area contributed by atoms with Gasteiger partial charge in [-0.25, -0.2) is 0 Å². The Labute approximate surface area is 167 Å². The van der Waals surface area contributed by atoms with Gasteiger partial charge in [-0.05, 0) is 50.9 Å². The first-order chi connectivity index (χ1) is 13.0. The second-order valence-electron chi connectivity index (χ2n) is 7.08. The molecule has 0 bridgehead atoms. The minimum atomic E-state index is -0.173. The van der Waals surface area contributed by atoms with E-state index in [1.165, 1.54) is 0 Å².